The SMILES string of the molecule is O=C(N[C@H](c1ccccc1OC(F)F)C(F)(F)F)c1ccnnc1. The van der Waals surface area contributed by atoms with E-state index < -0.39 is 36.0 Å². The van der Waals surface area contributed by atoms with Crippen molar-refractivity contribution < 1.29 is 31.5 Å². The quantitative estimate of drug-likeness (QED) is 0.844. The van der Waals surface area contributed by atoms with E-state index in [2.05, 4.69) is 14.9 Å². The second-order valence-corrected chi connectivity index (χ2v) is 4.50. The van der Waals surface area contributed by atoms with Crippen molar-refractivity contribution in [3.63, 3.8) is 0 Å². The first-order chi connectivity index (χ1) is 11.3. The molecule has 0 saturated carbocycles. The molecule has 0 saturated heterocycles. The molecule has 0 aliphatic carbocycles. The number of para-hydroxylation sites is 1. The van der Waals surface area contributed by atoms with E-state index in [-0.39, 0.29) is 5.56 Å². The summed E-state index contributed by atoms with van der Waals surface area (Å²) in [5.41, 5.74) is -0.799. The van der Waals surface area contributed by atoms with E-state index in [0.717, 1.165) is 30.6 Å². The number of nitrogens with one attached hydrogen (secondary N) is 1. The minimum atomic E-state index is -4.93. The summed E-state index contributed by atoms with van der Waals surface area (Å²) in [7, 11) is 0. The van der Waals surface area contributed by atoms with E-state index in [1.165, 1.54) is 12.1 Å². The molecule has 24 heavy (non-hydrogen) atoms. The predicted octanol–water partition coefficient (Wildman–Crippen LogP) is 3.11. The van der Waals surface area contributed by atoms with Gasteiger partial charge in [-0.1, -0.05) is 18.2 Å². The molecule has 10 heteroatoms. The van der Waals surface area contributed by atoms with Gasteiger partial charge in [0.2, 0.25) is 0 Å². The van der Waals surface area contributed by atoms with Crippen molar-refractivity contribution in [1.29, 1.82) is 0 Å². The summed E-state index contributed by atoms with van der Waals surface area (Å²) in [6.07, 6.45) is -2.83. The summed E-state index contributed by atoms with van der Waals surface area (Å²) in [6.45, 7) is -3.31. The standard InChI is InChI=1S/C14H10F5N3O2/c15-13(16)24-10-4-2-1-3-9(10)11(14(17,18)19)22-12(23)8-5-6-20-21-7-8/h1-7,11,13H,(H,22,23)/t11-/m1/s1. The Kier molecular flexibility index (Phi) is 5.27. The second-order valence-electron chi connectivity index (χ2n) is 4.50. The van der Waals surface area contributed by atoms with Gasteiger partial charge in [-0.05, 0) is 12.1 Å². The highest BCUT2D eigenvalue weighted by atomic mass is 19.4. The molecule has 1 heterocycles. The van der Waals surface area contributed by atoms with E-state index >= 15 is 0 Å². The van der Waals surface area contributed by atoms with Gasteiger partial charge in [0.25, 0.3) is 5.91 Å². The molecule has 0 radical (unpaired) electrons. The van der Waals surface area contributed by atoms with Crippen LogP contribution in [0.5, 0.6) is 5.75 Å². The van der Waals surface area contributed by atoms with Crippen molar-refractivity contribution in [2.75, 3.05) is 0 Å². The molecule has 2 aromatic rings. The number of nitrogens with zero attached hydrogens (tertiary/aromatic N) is 2. The molecule has 1 aromatic heterocycles. The average Bonchev–Trinajstić information content (AvgIpc) is 2.52. The molecular weight excluding hydrogens is 337 g/mol. The van der Waals surface area contributed by atoms with Gasteiger partial charge >= 0.3 is 12.8 Å². The molecule has 5 nitrogen and oxygen atoms in total. The Balaban J connectivity index is 2.35. The van der Waals surface area contributed by atoms with Crippen LogP contribution < -0.4 is 10.1 Å². The lowest BCUT2D eigenvalue weighted by atomic mass is 10.0. The maximum Gasteiger partial charge on any atom is 0.413 e. The average molecular weight is 347 g/mol. The number of alkyl halides is 5. The maximum absolute atomic E-state index is 13.3. The number of amides is 1. The highest BCUT2D eigenvalue weighted by molar-refractivity contribution is 5.94. The van der Waals surface area contributed by atoms with Crippen LogP contribution in [0.25, 0.3) is 0 Å². The normalized spacial score (nSPS) is 12.8. The van der Waals surface area contributed by atoms with Gasteiger partial charge in [0.1, 0.15) is 5.75 Å². The number of halogens is 5. The molecule has 0 unspecified atom stereocenters. The largest absolute Gasteiger partial charge is 0.434 e. The van der Waals surface area contributed by atoms with E-state index in [1.54, 1.807) is 5.32 Å². The Bertz CT molecular complexity index is 694. The molecule has 1 amide bonds. The summed E-state index contributed by atoms with van der Waals surface area (Å²) in [6, 6.07) is 2.99. The predicted molar refractivity (Wildman–Crippen MR) is 71.4 cm³/mol. The first-order valence-corrected chi connectivity index (χ1v) is 6.47. The summed E-state index contributed by atoms with van der Waals surface area (Å²) in [5.74, 6) is -1.76. The lowest BCUT2D eigenvalue weighted by Gasteiger charge is -2.24. The van der Waals surface area contributed by atoms with Crippen molar-refractivity contribution >= 4 is 5.91 Å². The van der Waals surface area contributed by atoms with Gasteiger partial charge in [-0.3, -0.25) is 4.79 Å². The molecule has 0 aliphatic rings. The number of benzene rings is 1. The summed E-state index contributed by atoms with van der Waals surface area (Å²) in [5, 5.41) is 8.54. The van der Waals surface area contributed by atoms with Crippen molar-refractivity contribution in [3.8, 4) is 5.75 Å². The number of rotatable bonds is 5. The van der Waals surface area contributed by atoms with Crippen LogP contribution in [0.4, 0.5) is 22.0 Å². The van der Waals surface area contributed by atoms with Crippen LogP contribution in [0.1, 0.15) is 22.0 Å². The van der Waals surface area contributed by atoms with Gasteiger partial charge in [-0.25, -0.2) is 0 Å². The molecule has 1 atom stereocenters. The lowest BCUT2D eigenvalue weighted by Crippen LogP contribution is -2.38. The fourth-order valence-corrected chi connectivity index (χ4v) is 1.90. The lowest BCUT2D eigenvalue weighted by molar-refractivity contribution is -0.156. The first kappa shape index (κ1) is 17.6. The Morgan fingerprint density at radius 2 is 1.83 bits per heavy atom. The number of ether oxygens (including phenoxy) is 1. The van der Waals surface area contributed by atoms with Gasteiger partial charge in [0.05, 0.1) is 18.0 Å². The molecule has 0 spiro atoms. The highest BCUT2D eigenvalue weighted by Crippen LogP contribution is 2.37. The number of carbonyl (C=O) groups is 1. The van der Waals surface area contributed by atoms with Gasteiger partial charge in [-0.2, -0.15) is 32.1 Å². The summed E-state index contributed by atoms with van der Waals surface area (Å²) in [4.78, 5) is 11.9. The zero-order valence-corrected chi connectivity index (χ0v) is 11.8. The molecule has 128 valence electrons. The number of hydrogen-bond donors (Lipinski definition) is 1. The molecule has 0 fully saturated rings. The fourth-order valence-electron chi connectivity index (χ4n) is 1.90. The van der Waals surface area contributed by atoms with Crippen LogP contribution in [-0.2, 0) is 0 Å². The van der Waals surface area contributed by atoms with E-state index in [0.29, 0.717) is 0 Å². The van der Waals surface area contributed by atoms with Crippen LogP contribution >= 0.6 is 0 Å². The molecule has 2 rings (SSSR count). The third-order valence-electron chi connectivity index (χ3n) is 2.90. The van der Waals surface area contributed by atoms with E-state index in [9.17, 15) is 26.7 Å². The molecule has 0 bridgehead atoms. The van der Waals surface area contributed by atoms with Gasteiger partial charge in [0.15, 0.2) is 6.04 Å². The topological polar surface area (TPSA) is 64.1 Å². The summed E-state index contributed by atoms with van der Waals surface area (Å²) >= 11 is 0. The molecular formula is C14H10F5N3O2. The highest BCUT2D eigenvalue weighted by Gasteiger charge is 2.43. The third-order valence-corrected chi connectivity index (χ3v) is 2.90. The second kappa shape index (κ2) is 7.20. The Labute approximate surface area is 132 Å². The minimum Gasteiger partial charge on any atom is -0.434 e. The van der Waals surface area contributed by atoms with Gasteiger partial charge < -0.3 is 10.1 Å². The Morgan fingerprint density at radius 1 is 1.12 bits per heavy atom. The Morgan fingerprint density at radius 3 is 2.42 bits per heavy atom. The first-order valence-electron chi connectivity index (χ1n) is 6.47. The number of carbonyl (C=O) groups excluding carboxylic acids is 1. The monoisotopic (exact) mass is 347 g/mol. The van der Waals surface area contributed by atoms with Crippen LogP contribution in [0.2, 0.25) is 0 Å². The fraction of sp³-hybridized carbons (Fsp3) is 0.214. The van der Waals surface area contributed by atoms with Crippen LogP contribution in [-0.4, -0.2) is 28.9 Å². The Hall–Kier alpha value is -2.78. The molecule has 1 N–H and O–H groups in total. The maximum atomic E-state index is 13.3. The molecule has 1 aromatic carbocycles. The zero-order chi connectivity index (χ0) is 17.7. The number of aromatic nitrogens is 2. The van der Waals surface area contributed by atoms with Crippen LogP contribution in [0.15, 0.2) is 42.7 Å². The van der Waals surface area contributed by atoms with E-state index in [1.807, 2.05) is 0 Å². The number of hydrogen-bond acceptors (Lipinski definition) is 4. The third kappa shape index (κ3) is 4.37. The minimum absolute atomic E-state index is 0.161. The van der Waals surface area contributed by atoms with Crippen molar-refractivity contribution in [2.24, 2.45) is 0 Å². The summed E-state index contributed by atoms with van der Waals surface area (Å²) < 4.78 is 68.8. The zero-order valence-electron chi connectivity index (χ0n) is 11.8. The van der Waals surface area contributed by atoms with Gasteiger partial charge in [-0.15, -0.1) is 0 Å². The molecule has 0 aliphatic heterocycles. The van der Waals surface area contributed by atoms with Crippen molar-refractivity contribution in [2.45, 2.75) is 18.8 Å². The van der Waals surface area contributed by atoms with Crippen molar-refractivity contribution in [1.82, 2.24) is 15.5 Å². The van der Waals surface area contributed by atoms with E-state index in [4.69, 9.17) is 0 Å². The van der Waals surface area contributed by atoms with Crippen LogP contribution in [0, 0.1) is 0 Å². The van der Waals surface area contributed by atoms with Crippen LogP contribution in [0.3, 0.4) is 0 Å². The van der Waals surface area contributed by atoms with Gasteiger partial charge in [0, 0.05) is 5.56 Å². The van der Waals surface area contributed by atoms with Crippen molar-refractivity contribution in [3.05, 3.63) is 53.9 Å². The smallest absolute Gasteiger partial charge is 0.413 e.